The third-order valence-corrected chi connectivity index (χ3v) is 4.05. The Kier molecular flexibility index (Phi) is 2.92. The fourth-order valence-corrected chi connectivity index (χ4v) is 2.46. The zero-order valence-electron chi connectivity index (χ0n) is 9.12. The maximum atomic E-state index is 11.8. The van der Waals surface area contributed by atoms with Crippen molar-refractivity contribution in [1.82, 2.24) is 10.3 Å². The van der Waals surface area contributed by atoms with E-state index in [1.165, 1.54) is 11.3 Å². The molecule has 0 radical (unpaired) electrons. The number of thiazole rings is 1. The predicted octanol–water partition coefficient (Wildman–Crippen LogP) is 1.76. The van der Waals surface area contributed by atoms with Crippen LogP contribution in [0.1, 0.15) is 29.8 Å². The van der Waals surface area contributed by atoms with Gasteiger partial charge in [-0.05, 0) is 26.2 Å². The Morgan fingerprint density at radius 3 is 2.94 bits per heavy atom. The Balaban J connectivity index is 1.94. The Morgan fingerprint density at radius 2 is 2.50 bits per heavy atom. The van der Waals surface area contributed by atoms with Gasteiger partial charge in [0.25, 0.3) is 0 Å². The van der Waals surface area contributed by atoms with Gasteiger partial charge in [-0.3, -0.25) is 4.79 Å². The maximum Gasteiger partial charge on any atom is 0.240 e. The molecule has 4 nitrogen and oxygen atoms in total. The van der Waals surface area contributed by atoms with Crippen molar-refractivity contribution in [2.24, 2.45) is 5.41 Å². The van der Waals surface area contributed by atoms with Crippen molar-refractivity contribution in [1.29, 1.82) is 5.26 Å². The van der Waals surface area contributed by atoms with Crippen LogP contribution < -0.4 is 5.32 Å². The first-order chi connectivity index (χ1) is 7.68. The summed E-state index contributed by atoms with van der Waals surface area (Å²) in [7, 11) is 0. The topological polar surface area (TPSA) is 65.8 Å². The number of nitrogens with zero attached hydrogens (tertiary/aromatic N) is 2. The van der Waals surface area contributed by atoms with E-state index in [0.717, 1.165) is 17.0 Å². The summed E-state index contributed by atoms with van der Waals surface area (Å²) in [5, 5.41) is 11.8. The molecule has 0 saturated heterocycles. The Morgan fingerprint density at radius 1 is 1.75 bits per heavy atom. The molecule has 1 heterocycles. The normalized spacial score (nSPS) is 17.2. The molecule has 1 amide bonds. The molecule has 1 aliphatic rings. The molecule has 0 spiro atoms. The third-order valence-electron chi connectivity index (χ3n) is 3.11. The van der Waals surface area contributed by atoms with Crippen molar-refractivity contribution in [2.45, 2.75) is 32.7 Å². The molecule has 84 valence electrons. The molecule has 0 atom stereocenters. The van der Waals surface area contributed by atoms with Crippen LogP contribution in [0.25, 0.3) is 0 Å². The smallest absolute Gasteiger partial charge is 0.240 e. The Labute approximate surface area is 98.3 Å². The van der Waals surface area contributed by atoms with Crippen molar-refractivity contribution >= 4 is 17.2 Å². The molecule has 0 aliphatic heterocycles. The van der Waals surface area contributed by atoms with Crippen LogP contribution in [-0.2, 0) is 11.3 Å². The lowest BCUT2D eigenvalue weighted by molar-refractivity contribution is -0.131. The quantitative estimate of drug-likeness (QED) is 0.868. The van der Waals surface area contributed by atoms with Crippen LogP contribution in [0.4, 0.5) is 0 Å². The highest BCUT2D eigenvalue weighted by atomic mass is 32.1. The number of amides is 1. The molecule has 0 bridgehead atoms. The van der Waals surface area contributed by atoms with E-state index in [1.807, 2.05) is 6.92 Å². The molecule has 1 aliphatic carbocycles. The first kappa shape index (κ1) is 11.1. The van der Waals surface area contributed by atoms with Crippen LogP contribution in [-0.4, -0.2) is 10.9 Å². The van der Waals surface area contributed by atoms with Crippen molar-refractivity contribution in [3.8, 4) is 6.07 Å². The highest BCUT2D eigenvalue weighted by molar-refractivity contribution is 7.09. The second kappa shape index (κ2) is 4.22. The first-order valence-corrected chi connectivity index (χ1v) is 6.14. The number of nitriles is 1. The summed E-state index contributed by atoms with van der Waals surface area (Å²) < 4.78 is 0. The summed E-state index contributed by atoms with van der Waals surface area (Å²) >= 11 is 1.53. The van der Waals surface area contributed by atoms with Crippen molar-refractivity contribution in [2.75, 3.05) is 0 Å². The summed E-state index contributed by atoms with van der Waals surface area (Å²) in [6, 6.07) is 2.14. The van der Waals surface area contributed by atoms with Crippen LogP contribution in [0.5, 0.6) is 0 Å². The van der Waals surface area contributed by atoms with E-state index < -0.39 is 5.41 Å². The molecular formula is C11H13N3OS. The molecule has 1 fully saturated rings. The predicted molar refractivity (Wildman–Crippen MR) is 60.6 cm³/mol. The van der Waals surface area contributed by atoms with Crippen molar-refractivity contribution in [3.05, 3.63) is 16.1 Å². The largest absolute Gasteiger partial charge is 0.350 e. The summed E-state index contributed by atoms with van der Waals surface area (Å²) in [4.78, 5) is 17.0. The van der Waals surface area contributed by atoms with Crippen molar-refractivity contribution in [3.63, 3.8) is 0 Å². The monoisotopic (exact) mass is 235 g/mol. The molecular weight excluding hydrogens is 222 g/mol. The fourth-order valence-electron chi connectivity index (χ4n) is 1.75. The average molecular weight is 235 g/mol. The summed E-state index contributed by atoms with van der Waals surface area (Å²) in [6.07, 6.45) is 2.36. The van der Waals surface area contributed by atoms with Crippen LogP contribution in [0.2, 0.25) is 0 Å². The van der Waals surface area contributed by atoms with E-state index in [4.69, 9.17) is 5.26 Å². The molecule has 0 aromatic carbocycles. The lowest BCUT2D eigenvalue weighted by Crippen LogP contribution is -2.44. The second-order valence-electron chi connectivity index (χ2n) is 4.09. The zero-order valence-corrected chi connectivity index (χ0v) is 9.93. The average Bonchev–Trinajstić information content (AvgIpc) is 2.60. The Hall–Kier alpha value is -1.41. The van der Waals surface area contributed by atoms with Crippen molar-refractivity contribution < 1.29 is 4.79 Å². The van der Waals surface area contributed by atoms with Gasteiger partial charge < -0.3 is 5.32 Å². The Bertz CT molecular complexity index is 442. The van der Waals surface area contributed by atoms with Gasteiger partial charge >= 0.3 is 0 Å². The van der Waals surface area contributed by atoms with Gasteiger partial charge in [-0.1, -0.05) is 0 Å². The number of nitrogens with one attached hydrogen (secondary N) is 1. The SMILES string of the molecule is Cc1ncsc1CNC(=O)C1(C#N)CCC1. The fraction of sp³-hybridized carbons (Fsp3) is 0.545. The number of rotatable bonds is 3. The van der Waals surface area contributed by atoms with E-state index in [-0.39, 0.29) is 5.91 Å². The number of hydrogen-bond acceptors (Lipinski definition) is 4. The molecule has 5 heteroatoms. The van der Waals surface area contributed by atoms with Crippen LogP contribution in [0.15, 0.2) is 5.51 Å². The van der Waals surface area contributed by atoms with Gasteiger partial charge in [-0.25, -0.2) is 4.98 Å². The molecule has 1 saturated carbocycles. The maximum absolute atomic E-state index is 11.8. The molecule has 1 aromatic rings. The highest BCUT2D eigenvalue weighted by Crippen LogP contribution is 2.40. The van der Waals surface area contributed by atoms with Gasteiger partial charge in [-0.15, -0.1) is 11.3 Å². The van der Waals surface area contributed by atoms with Gasteiger partial charge in [0.1, 0.15) is 5.41 Å². The number of aromatic nitrogens is 1. The molecule has 2 rings (SSSR count). The highest BCUT2D eigenvalue weighted by Gasteiger charge is 2.44. The van der Waals surface area contributed by atoms with E-state index >= 15 is 0 Å². The number of hydrogen-bond donors (Lipinski definition) is 1. The van der Waals surface area contributed by atoms with Gasteiger partial charge in [0.2, 0.25) is 5.91 Å². The van der Waals surface area contributed by atoms with E-state index in [9.17, 15) is 4.79 Å². The van der Waals surface area contributed by atoms with Crippen LogP contribution in [0, 0.1) is 23.7 Å². The minimum absolute atomic E-state index is 0.131. The second-order valence-corrected chi connectivity index (χ2v) is 5.03. The summed E-state index contributed by atoms with van der Waals surface area (Å²) in [5.74, 6) is -0.131. The zero-order chi connectivity index (χ0) is 11.6. The standard InChI is InChI=1S/C11H13N3OS/c1-8-9(16-7-14-8)5-13-10(15)11(6-12)3-2-4-11/h7H,2-5H2,1H3,(H,13,15). The van der Waals surface area contributed by atoms with E-state index in [0.29, 0.717) is 19.4 Å². The molecule has 16 heavy (non-hydrogen) atoms. The lowest BCUT2D eigenvalue weighted by Gasteiger charge is -2.33. The lowest BCUT2D eigenvalue weighted by atomic mass is 9.69. The van der Waals surface area contributed by atoms with E-state index in [1.54, 1.807) is 5.51 Å². The minimum Gasteiger partial charge on any atom is -0.350 e. The van der Waals surface area contributed by atoms with Gasteiger partial charge in [0.05, 0.1) is 23.8 Å². The van der Waals surface area contributed by atoms with Gasteiger partial charge in [0.15, 0.2) is 0 Å². The van der Waals surface area contributed by atoms with Crippen LogP contribution in [0.3, 0.4) is 0 Å². The molecule has 0 unspecified atom stereocenters. The number of carbonyl (C=O) groups is 1. The van der Waals surface area contributed by atoms with Gasteiger partial charge in [0, 0.05) is 4.88 Å². The minimum atomic E-state index is -0.751. The van der Waals surface area contributed by atoms with Crippen LogP contribution >= 0.6 is 11.3 Å². The van der Waals surface area contributed by atoms with Gasteiger partial charge in [-0.2, -0.15) is 5.26 Å². The summed E-state index contributed by atoms with van der Waals surface area (Å²) in [6.45, 7) is 2.40. The first-order valence-electron chi connectivity index (χ1n) is 5.26. The third kappa shape index (κ3) is 1.81. The molecule has 1 N–H and O–H groups in total. The number of carbonyl (C=O) groups excluding carboxylic acids is 1. The number of aryl methyl sites for hydroxylation is 1. The molecule has 1 aromatic heterocycles. The summed E-state index contributed by atoms with van der Waals surface area (Å²) in [5.41, 5.74) is 1.96. The van der Waals surface area contributed by atoms with E-state index in [2.05, 4.69) is 16.4 Å².